The molecule has 1 heterocycles. The van der Waals surface area contributed by atoms with E-state index in [-0.39, 0.29) is 5.43 Å². The zero-order chi connectivity index (χ0) is 13.4. The molecule has 96 valence electrons. The molecule has 0 spiro atoms. The van der Waals surface area contributed by atoms with E-state index in [9.17, 15) is 4.79 Å². The van der Waals surface area contributed by atoms with Crippen molar-refractivity contribution in [1.82, 2.24) is 4.98 Å². The van der Waals surface area contributed by atoms with Crippen molar-refractivity contribution in [2.75, 3.05) is 6.61 Å². The molecule has 3 nitrogen and oxygen atoms in total. The van der Waals surface area contributed by atoms with Crippen LogP contribution in [0.3, 0.4) is 0 Å². The van der Waals surface area contributed by atoms with Crippen LogP contribution in [0.5, 0.6) is 5.75 Å². The van der Waals surface area contributed by atoms with Gasteiger partial charge in [0, 0.05) is 10.9 Å². The zero-order valence-electron chi connectivity index (χ0n) is 10.4. The quantitative estimate of drug-likeness (QED) is 0.723. The number of fused-ring (bicyclic) bond motifs is 2. The number of halogens is 1. The van der Waals surface area contributed by atoms with Crippen molar-refractivity contribution in [2.24, 2.45) is 0 Å². The van der Waals surface area contributed by atoms with Crippen LogP contribution in [0.25, 0.3) is 21.8 Å². The van der Waals surface area contributed by atoms with Gasteiger partial charge in [-0.2, -0.15) is 0 Å². The maximum atomic E-state index is 12.4. The van der Waals surface area contributed by atoms with Gasteiger partial charge >= 0.3 is 0 Å². The van der Waals surface area contributed by atoms with Crippen LogP contribution in [0.4, 0.5) is 0 Å². The summed E-state index contributed by atoms with van der Waals surface area (Å²) in [5, 5.41) is 1.76. The minimum absolute atomic E-state index is 0.0121. The summed E-state index contributed by atoms with van der Waals surface area (Å²) in [4.78, 5) is 15.7. The molecule has 19 heavy (non-hydrogen) atoms. The molecule has 1 aromatic heterocycles. The first-order valence-electron chi connectivity index (χ1n) is 6.08. The van der Waals surface area contributed by atoms with Crippen LogP contribution in [0.15, 0.2) is 41.2 Å². The largest absolute Gasteiger partial charge is 0.490 e. The Morgan fingerprint density at radius 3 is 2.74 bits per heavy atom. The Balaban J connectivity index is 2.50. The molecule has 4 heteroatoms. The molecule has 1 N–H and O–H groups in total. The van der Waals surface area contributed by atoms with E-state index < -0.39 is 0 Å². The third-order valence-corrected chi connectivity index (χ3v) is 3.37. The first-order valence-corrected chi connectivity index (χ1v) is 6.46. The highest BCUT2D eigenvalue weighted by Gasteiger charge is 2.12. The van der Waals surface area contributed by atoms with Gasteiger partial charge in [0.1, 0.15) is 0 Å². The summed E-state index contributed by atoms with van der Waals surface area (Å²) in [6, 6.07) is 10.8. The highest BCUT2D eigenvalue weighted by atomic mass is 35.5. The number of hydrogen-bond acceptors (Lipinski definition) is 2. The van der Waals surface area contributed by atoms with E-state index in [1.54, 1.807) is 12.1 Å². The molecular formula is C15H12ClNO2. The number of aromatic amines is 1. The van der Waals surface area contributed by atoms with Crippen LogP contribution in [0, 0.1) is 0 Å². The second-order valence-electron chi connectivity index (χ2n) is 4.23. The van der Waals surface area contributed by atoms with E-state index in [1.807, 2.05) is 31.2 Å². The van der Waals surface area contributed by atoms with Gasteiger partial charge in [-0.3, -0.25) is 4.79 Å². The van der Waals surface area contributed by atoms with E-state index in [2.05, 4.69) is 4.98 Å². The fourth-order valence-electron chi connectivity index (χ4n) is 2.23. The van der Waals surface area contributed by atoms with Crippen LogP contribution in [-0.2, 0) is 0 Å². The predicted octanol–water partition coefficient (Wildman–Crippen LogP) is 3.73. The Morgan fingerprint density at radius 2 is 1.95 bits per heavy atom. The van der Waals surface area contributed by atoms with Gasteiger partial charge < -0.3 is 9.72 Å². The number of pyridine rings is 1. The SMILES string of the molecule is CCOc1c(Cl)ccc2c(=O)c3ccccc3[nH]c12. The van der Waals surface area contributed by atoms with Crippen LogP contribution < -0.4 is 10.2 Å². The topological polar surface area (TPSA) is 42.1 Å². The normalized spacial score (nSPS) is 11.1. The molecule has 0 aliphatic carbocycles. The Morgan fingerprint density at radius 1 is 1.16 bits per heavy atom. The second-order valence-corrected chi connectivity index (χ2v) is 4.64. The molecule has 0 saturated heterocycles. The number of H-pyrrole nitrogens is 1. The van der Waals surface area contributed by atoms with Crippen LogP contribution >= 0.6 is 11.6 Å². The summed E-state index contributed by atoms with van der Waals surface area (Å²) in [5.74, 6) is 0.532. The third kappa shape index (κ3) is 1.87. The standard InChI is InChI=1S/C15H12ClNO2/c1-2-19-15-11(16)8-7-10-13(15)17-12-6-4-3-5-9(12)14(10)18/h3-8H,2H2,1H3,(H,17,18). The van der Waals surface area contributed by atoms with Gasteiger partial charge in [-0.15, -0.1) is 0 Å². The molecule has 2 aromatic carbocycles. The molecule has 0 fully saturated rings. The molecule has 0 aliphatic rings. The summed E-state index contributed by atoms with van der Waals surface area (Å²) in [6.07, 6.45) is 0. The Kier molecular flexibility index (Phi) is 2.91. The third-order valence-electron chi connectivity index (χ3n) is 3.07. The summed E-state index contributed by atoms with van der Waals surface area (Å²) in [7, 11) is 0. The Labute approximate surface area is 114 Å². The van der Waals surface area contributed by atoms with Crippen LogP contribution in [0.1, 0.15) is 6.92 Å². The lowest BCUT2D eigenvalue weighted by Crippen LogP contribution is -2.05. The van der Waals surface area contributed by atoms with Crippen molar-refractivity contribution in [3.05, 3.63) is 51.6 Å². The minimum Gasteiger partial charge on any atom is -0.490 e. The first-order chi connectivity index (χ1) is 9.22. The average Bonchev–Trinajstić information content (AvgIpc) is 2.43. The van der Waals surface area contributed by atoms with E-state index in [0.717, 1.165) is 5.52 Å². The van der Waals surface area contributed by atoms with Gasteiger partial charge in [-0.1, -0.05) is 23.7 Å². The first kappa shape index (κ1) is 12.1. The lowest BCUT2D eigenvalue weighted by molar-refractivity contribution is 0.344. The lowest BCUT2D eigenvalue weighted by atomic mass is 10.1. The minimum atomic E-state index is -0.0121. The van der Waals surface area contributed by atoms with Gasteiger partial charge in [0.2, 0.25) is 0 Å². The van der Waals surface area contributed by atoms with Crippen molar-refractivity contribution < 1.29 is 4.74 Å². The van der Waals surface area contributed by atoms with E-state index in [4.69, 9.17) is 16.3 Å². The lowest BCUT2D eigenvalue weighted by Gasteiger charge is -2.10. The predicted molar refractivity (Wildman–Crippen MR) is 78.3 cm³/mol. The summed E-state index contributed by atoms with van der Waals surface area (Å²) >= 11 is 6.14. The van der Waals surface area contributed by atoms with Crippen molar-refractivity contribution in [1.29, 1.82) is 0 Å². The summed E-state index contributed by atoms with van der Waals surface area (Å²) in [5.41, 5.74) is 1.42. The molecule has 3 rings (SSSR count). The highest BCUT2D eigenvalue weighted by molar-refractivity contribution is 6.33. The molecule has 0 bridgehead atoms. The van der Waals surface area contributed by atoms with Crippen LogP contribution in [-0.4, -0.2) is 11.6 Å². The van der Waals surface area contributed by atoms with Gasteiger partial charge in [-0.05, 0) is 31.2 Å². The average molecular weight is 274 g/mol. The molecule has 3 aromatic rings. The maximum Gasteiger partial charge on any atom is 0.197 e. The number of rotatable bonds is 2. The number of hydrogen-bond donors (Lipinski definition) is 1. The number of ether oxygens (including phenoxy) is 1. The van der Waals surface area contributed by atoms with Gasteiger partial charge in [-0.25, -0.2) is 0 Å². The van der Waals surface area contributed by atoms with Crippen molar-refractivity contribution in [2.45, 2.75) is 6.92 Å². The molecule has 0 unspecified atom stereocenters. The number of para-hydroxylation sites is 1. The molecule has 0 radical (unpaired) electrons. The fourth-order valence-corrected chi connectivity index (χ4v) is 2.44. The van der Waals surface area contributed by atoms with E-state index >= 15 is 0 Å². The van der Waals surface area contributed by atoms with Crippen molar-refractivity contribution >= 4 is 33.4 Å². The van der Waals surface area contributed by atoms with Crippen molar-refractivity contribution in [3.63, 3.8) is 0 Å². The highest BCUT2D eigenvalue weighted by Crippen LogP contribution is 2.31. The number of benzene rings is 2. The smallest absolute Gasteiger partial charge is 0.197 e. The second kappa shape index (κ2) is 4.59. The Bertz CT molecular complexity index is 823. The molecule has 0 amide bonds. The van der Waals surface area contributed by atoms with Gasteiger partial charge in [0.15, 0.2) is 11.2 Å². The van der Waals surface area contributed by atoms with E-state index in [1.165, 1.54) is 0 Å². The van der Waals surface area contributed by atoms with Crippen molar-refractivity contribution in [3.8, 4) is 5.75 Å². The maximum absolute atomic E-state index is 12.4. The molecule has 0 saturated carbocycles. The molecule has 0 atom stereocenters. The van der Waals surface area contributed by atoms with E-state index in [0.29, 0.717) is 33.7 Å². The summed E-state index contributed by atoms with van der Waals surface area (Å²) in [6.45, 7) is 2.38. The number of nitrogens with one attached hydrogen (secondary N) is 1. The zero-order valence-corrected chi connectivity index (χ0v) is 11.1. The van der Waals surface area contributed by atoms with Gasteiger partial charge in [0.05, 0.1) is 22.5 Å². The number of aromatic nitrogens is 1. The summed E-state index contributed by atoms with van der Waals surface area (Å²) < 4.78 is 5.55. The monoisotopic (exact) mass is 273 g/mol. The fraction of sp³-hybridized carbons (Fsp3) is 0.133. The Hall–Kier alpha value is -2.00. The molecular weight excluding hydrogens is 262 g/mol. The van der Waals surface area contributed by atoms with Crippen LogP contribution in [0.2, 0.25) is 5.02 Å². The van der Waals surface area contributed by atoms with Gasteiger partial charge in [0.25, 0.3) is 0 Å². The molecule has 0 aliphatic heterocycles.